The molecule has 3 rings (SSSR count). The molecule has 0 aliphatic carbocycles. The van der Waals surface area contributed by atoms with E-state index in [0.29, 0.717) is 12.8 Å². The highest BCUT2D eigenvalue weighted by Gasteiger charge is 2.47. The Balaban J connectivity index is 1.98. The first-order chi connectivity index (χ1) is 14.4. The minimum Gasteiger partial charge on any atom is -0.455 e. The fourth-order valence-electron chi connectivity index (χ4n) is 3.23. The highest BCUT2D eigenvalue weighted by molar-refractivity contribution is 5.89. The highest BCUT2D eigenvalue weighted by atomic mass is 16.6. The highest BCUT2D eigenvalue weighted by Crippen LogP contribution is 2.33. The SMILES string of the molecule is CCCC(=O)Nc1nc2c(ncn2[C@@H]2O[C@H](CO)[C@@H](O)[C@H]2OC(=O)CCC)c(=O)[nH]1. The third-order valence-electron chi connectivity index (χ3n) is 4.66. The lowest BCUT2D eigenvalue weighted by Gasteiger charge is -2.21. The molecule has 12 heteroatoms. The maximum Gasteiger partial charge on any atom is 0.306 e. The van der Waals surface area contributed by atoms with Gasteiger partial charge in [0.1, 0.15) is 12.2 Å². The summed E-state index contributed by atoms with van der Waals surface area (Å²) in [4.78, 5) is 46.9. The molecule has 0 spiro atoms. The fourth-order valence-corrected chi connectivity index (χ4v) is 3.23. The minimum absolute atomic E-state index is 0.0207. The number of hydrogen-bond donors (Lipinski definition) is 4. The molecule has 2 aromatic rings. The zero-order valence-electron chi connectivity index (χ0n) is 16.7. The standard InChI is InChI=1S/C18H25N5O7/c1-3-5-10(25)20-18-21-15-12(16(28)22-18)19-8-23(15)17-14(30-11(26)6-4-2)13(27)9(7-24)29-17/h8-9,13-14,17,24,27H,3-7H2,1-2H3,(H2,20,21,22,25,28)/t9-,13-,14-,17-/m1/s1. The molecule has 0 bridgehead atoms. The average molecular weight is 423 g/mol. The summed E-state index contributed by atoms with van der Waals surface area (Å²) in [7, 11) is 0. The molecule has 1 aliphatic heterocycles. The van der Waals surface area contributed by atoms with Crippen LogP contribution in [0.2, 0.25) is 0 Å². The van der Waals surface area contributed by atoms with Crippen LogP contribution < -0.4 is 10.9 Å². The number of imidazole rings is 1. The van der Waals surface area contributed by atoms with Crippen molar-refractivity contribution in [1.29, 1.82) is 0 Å². The quantitative estimate of drug-likeness (QED) is 0.421. The van der Waals surface area contributed by atoms with Crippen molar-refractivity contribution in [3.05, 3.63) is 16.7 Å². The van der Waals surface area contributed by atoms with E-state index in [0.717, 1.165) is 0 Å². The predicted octanol–water partition coefficient (Wildman–Crippen LogP) is -0.179. The van der Waals surface area contributed by atoms with E-state index in [1.54, 1.807) is 0 Å². The Labute approximate surface area is 171 Å². The van der Waals surface area contributed by atoms with Gasteiger partial charge < -0.3 is 19.7 Å². The van der Waals surface area contributed by atoms with Gasteiger partial charge in [-0.05, 0) is 12.8 Å². The summed E-state index contributed by atoms with van der Waals surface area (Å²) in [6.07, 6.45) is -1.65. The number of hydrogen-bond acceptors (Lipinski definition) is 9. The molecule has 1 fully saturated rings. The van der Waals surface area contributed by atoms with Gasteiger partial charge in [0, 0.05) is 12.8 Å². The van der Waals surface area contributed by atoms with Crippen LogP contribution in [0.15, 0.2) is 11.1 Å². The largest absolute Gasteiger partial charge is 0.455 e. The van der Waals surface area contributed by atoms with Gasteiger partial charge in [-0.1, -0.05) is 13.8 Å². The number of ether oxygens (including phenoxy) is 2. The molecule has 1 aliphatic rings. The summed E-state index contributed by atoms with van der Waals surface area (Å²) in [6.45, 7) is 3.15. The first kappa shape index (κ1) is 21.9. The summed E-state index contributed by atoms with van der Waals surface area (Å²) < 4.78 is 12.4. The third kappa shape index (κ3) is 4.35. The molecule has 30 heavy (non-hydrogen) atoms. The zero-order chi connectivity index (χ0) is 21.8. The number of aromatic nitrogens is 4. The van der Waals surface area contributed by atoms with Gasteiger partial charge in [0.15, 0.2) is 23.5 Å². The number of aliphatic hydroxyl groups excluding tert-OH is 2. The van der Waals surface area contributed by atoms with Crippen LogP contribution in [-0.2, 0) is 19.1 Å². The van der Waals surface area contributed by atoms with E-state index in [4.69, 9.17) is 9.47 Å². The lowest BCUT2D eigenvalue weighted by atomic mass is 10.1. The number of aromatic amines is 1. The summed E-state index contributed by atoms with van der Waals surface area (Å²) in [6, 6.07) is 0. The van der Waals surface area contributed by atoms with Crippen molar-refractivity contribution in [2.75, 3.05) is 11.9 Å². The Hall–Kier alpha value is -2.83. The monoisotopic (exact) mass is 423 g/mol. The van der Waals surface area contributed by atoms with Crippen LogP contribution in [0.1, 0.15) is 45.8 Å². The minimum atomic E-state index is -1.29. The first-order valence-corrected chi connectivity index (χ1v) is 9.80. The number of fused-ring (bicyclic) bond motifs is 1. The molecule has 4 N–H and O–H groups in total. The number of aliphatic hydroxyl groups is 2. The Morgan fingerprint density at radius 3 is 2.73 bits per heavy atom. The van der Waals surface area contributed by atoms with Gasteiger partial charge >= 0.3 is 5.97 Å². The number of amides is 1. The Morgan fingerprint density at radius 2 is 2.07 bits per heavy atom. The summed E-state index contributed by atoms with van der Waals surface area (Å²) in [5, 5.41) is 22.5. The molecule has 1 amide bonds. The maximum absolute atomic E-state index is 12.4. The number of anilines is 1. The molecule has 1 saturated heterocycles. The van der Waals surface area contributed by atoms with Crippen molar-refractivity contribution in [1.82, 2.24) is 19.5 Å². The molecular weight excluding hydrogens is 398 g/mol. The van der Waals surface area contributed by atoms with Crippen LogP contribution in [0.3, 0.4) is 0 Å². The van der Waals surface area contributed by atoms with E-state index >= 15 is 0 Å². The molecule has 3 heterocycles. The summed E-state index contributed by atoms with van der Waals surface area (Å²) in [5.74, 6) is -0.911. The Bertz CT molecular complexity index is 971. The van der Waals surface area contributed by atoms with Gasteiger partial charge in [-0.3, -0.25) is 29.3 Å². The van der Waals surface area contributed by atoms with Crippen LogP contribution in [-0.4, -0.2) is 66.5 Å². The van der Waals surface area contributed by atoms with Gasteiger partial charge in [-0.25, -0.2) is 4.98 Å². The van der Waals surface area contributed by atoms with Crippen molar-refractivity contribution in [2.24, 2.45) is 0 Å². The van der Waals surface area contributed by atoms with E-state index in [-0.39, 0.29) is 35.9 Å². The molecule has 0 saturated carbocycles. The van der Waals surface area contributed by atoms with Crippen molar-refractivity contribution in [3.63, 3.8) is 0 Å². The van der Waals surface area contributed by atoms with Crippen molar-refractivity contribution >= 4 is 29.0 Å². The number of carbonyl (C=O) groups excluding carboxylic acids is 2. The Morgan fingerprint density at radius 1 is 1.33 bits per heavy atom. The van der Waals surface area contributed by atoms with Gasteiger partial charge in [-0.2, -0.15) is 4.98 Å². The smallest absolute Gasteiger partial charge is 0.306 e. The predicted molar refractivity (Wildman–Crippen MR) is 103 cm³/mol. The molecular formula is C18H25N5O7. The van der Waals surface area contributed by atoms with Crippen molar-refractivity contribution in [3.8, 4) is 0 Å². The van der Waals surface area contributed by atoms with Crippen LogP contribution in [0.4, 0.5) is 5.95 Å². The van der Waals surface area contributed by atoms with E-state index in [1.807, 2.05) is 13.8 Å². The molecule has 2 aromatic heterocycles. The number of nitrogens with zero attached hydrogens (tertiary/aromatic N) is 3. The summed E-state index contributed by atoms with van der Waals surface area (Å²) >= 11 is 0. The number of rotatable bonds is 8. The van der Waals surface area contributed by atoms with Crippen LogP contribution >= 0.6 is 0 Å². The second-order valence-corrected chi connectivity index (χ2v) is 6.98. The van der Waals surface area contributed by atoms with Crippen molar-refractivity contribution in [2.45, 2.75) is 64.1 Å². The van der Waals surface area contributed by atoms with E-state index < -0.39 is 42.7 Å². The molecule has 12 nitrogen and oxygen atoms in total. The van der Waals surface area contributed by atoms with Crippen molar-refractivity contribution < 1.29 is 29.3 Å². The lowest BCUT2D eigenvalue weighted by Crippen LogP contribution is -2.37. The summed E-state index contributed by atoms with van der Waals surface area (Å²) in [5.41, 5.74) is -0.534. The molecule has 0 aromatic carbocycles. The second-order valence-electron chi connectivity index (χ2n) is 6.98. The maximum atomic E-state index is 12.4. The first-order valence-electron chi connectivity index (χ1n) is 9.80. The van der Waals surface area contributed by atoms with Gasteiger partial charge in [0.05, 0.1) is 12.9 Å². The fraction of sp³-hybridized carbons (Fsp3) is 0.611. The molecule has 164 valence electrons. The van der Waals surface area contributed by atoms with Gasteiger partial charge in [0.25, 0.3) is 5.56 Å². The van der Waals surface area contributed by atoms with Crippen LogP contribution in [0, 0.1) is 0 Å². The molecule has 0 radical (unpaired) electrons. The number of esters is 1. The number of carbonyl (C=O) groups is 2. The van der Waals surface area contributed by atoms with E-state index in [2.05, 4.69) is 20.3 Å². The molecule has 4 atom stereocenters. The Kier molecular flexibility index (Phi) is 6.80. The normalized spacial score (nSPS) is 23.6. The third-order valence-corrected chi connectivity index (χ3v) is 4.66. The average Bonchev–Trinajstić information content (AvgIpc) is 3.24. The number of nitrogens with one attached hydrogen (secondary N) is 2. The van der Waals surface area contributed by atoms with Gasteiger partial charge in [0.2, 0.25) is 11.9 Å². The lowest BCUT2D eigenvalue weighted by molar-refractivity contribution is -0.158. The second kappa shape index (κ2) is 9.32. The van der Waals surface area contributed by atoms with Gasteiger partial charge in [-0.15, -0.1) is 0 Å². The molecule has 0 unspecified atom stereocenters. The zero-order valence-corrected chi connectivity index (χ0v) is 16.7. The topological polar surface area (TPSA) is 169 Å². The van der Waals surface area contributed by atoms with E-state index in [9.17, 15) is 24.6 Å². The van der Waals surface area contributed by atoms with Crippen LogP contribution in [0.25, 0.3) is 11.2 Å². The van der Waals surface area contributed by atoms with Crippen LogP contribution in [0.5, 0.6) is 0 Å². The number of H-pyrrole nitrogens is 1. The van der Waals surface area contributed by atoms with E-state index in [1.165, 1.54) is 10.9 Å².